The molecule has 92 valence electrons. The number of aliphatic hydroxyl groups is 1. The fourth-order valence-corrected chi connectivity index (χ4v) is 2.27. The van der Waals surface area contributed by atoms with Gasteiger partial charge in [-0.2, -0.15) is 0 Å². The van der Waals surface area contributed by atoms with Crippen molar-refractivity contribution in [1.82, 2.24) is 0 Å². The van der Waals surface area contributed by atoms with Crippen LogP contribution < -0.4 is 0 Å². The Balaban J connectivity index is 2.17. The zero-order valence-electron chi connectivity index (χ0n) is 9.66. The maximum atomic E-state index is 12.1. The lowest BCUT2D eigenvalue weighted by atomic mass is 10.00. The molecule has 2 atom stereocenters. The van der Waals surface area contributed by atoms with E-state index in [2.05, 4.69) is 15.9 Å². The molecule has 2 rings (SSSR count). The Kier molecular flexibility index (Phi) is 4.28. The molecule has 0 fully saturated rings. The lowest BCUT2D eigenvalue weighted by molar-refractivity contribution is 0.0746. The summed E-state index contributed by atoms with van der Waals surface area (Å²) in [6, 6.07) is 18.2. The van der Waals surface area contributed by atoms with Crippen molar-refractivity contribution in [3.63, 3.8) is 0 Å². The van der Waals surface area contributed by atoms with E-state index in [1.807, 2.05) is 36.4 Å². The minimum Gasteiger partial charge on any atom is -0.383 e. The zero-order chi connectivity index (χ0) is 13.0. The summed E-state index contributed by atoms with van der Waals surface area (Å²) < 4.78 is 0. The highest BCUT2D eigenvalue weighted by atomic mass is 79.9. The second-order valence-corrected chi connectivity index (χ2v) is 4.97. The number of rotatable bonds is 4. The van der Waals surface area contributed by atoms with Crippen LogP contribution in [0.4, 0.5) is 0 Å². The maximum absolute atomic E-state index is 12.1. The monoisotopic (exact) mass is 304 g/mol. The number of ketones is 1. The number of carbonyl (C=O) groups excluding carboxylic acids is 1. The molecule has 0 amide bonds. The van der Waals surface area contributed by atoms with Gasteiger partial charge in [0.1, 0.15) is 6.10 Å². The molecule has 0 unspecified atom stereocenters. The Bertz CT molecular complexity index is 511. The van der Waals surface area contributed by atoms with E-state index in [0.717, 1.165) is 5.56 Å². The van der Waals surface area contributed by atoms with Gasteiger partial charge in [0.15, 0.2) is 5.78 Å². The second-order valence-electron chi connectivity index (χ2n) is 3.99. The Morgan fingerprint density at radius 3 is 2.00 bits per heavy atom. The Hall–Kier alpha value is -1.45. The first-order valence-electron chi connectivity index (χ1n) is 5.66. The molecule has 0 aliphatic carbocycles. The first-order valence-corrected chi connectivity index (χ1v) is 6.58. The van der Waals surface area contributed by atoms with Crippen LogP contribution in [0.25, 0.3) is 0 Å². The molecule has 2 aromatic rings. The second kappa shape index (κ2) is 5.94. The van der Waals surface area contributed by atoms with Crippen LogP contribution in [-0.2, 0) is 0 Å². The van der Waals surface area contributed by atoms with Gasteiger partial charge in [-0.3, -0.25) is 4.79 Å². The van der Waals surface area contributed by atoms with Gasteiger partial charge in [-0.25, -0.2) is 0 Å². The lowest BCUT2D eigenvalue weighted by Gasteiger charge is -2.16. The van der Waals surface area contributed by atoms with Gasteiger partial charge in [-0.05, 0) is 5.56 Å². The highest BCUT2D eigenvalue weighted by molar-refractivity contribution is 9.09. The molecular formula is C15H13BrO2. The Labute approximate surface area is 114 Å². The number of aliphatic hydroxyl groups excluding tert-OH is 1. The smallest absolute Gasteiger partial charge is 0.192 e. The number of hydrogen-bond donors (Lipinski definition) is 1. The number of hydrogen-bond acceptors (Lipinski definition) is 2. The van der Waals surface area contributed by atoms with Crippen LogP contribution in [-0.4, -0.2) is 17.0 Å². The predicted molar refractivity (Wildman–Crippen MR) is 74.9 cm³/mol. The van der Waals surface area contributed by atoms with E-state index < -0.39 is 10.9 Å². The first kappa shape index (κ1) is 13.0. The van der Waals surface area contributed by atoms with Crippen molar-refractivity contribution in [3.8, 4) is 0 Å². The van der Waals surface area contributed by atoms with Crippen LogP contribution in [0.2, 0.25) is 0 Å². The number of Topliss-reactive ketones (excluding diaryl/α,β-unsaturated/α-hetero) is 1. The summed E-state index contributed by atoms with van der Waals surface area (Å²) in [4.78, 5) is 11.7. The van der Waals surface area contributed by atoms with Gasteiger partial charge in [0.25, 0.3) is 0 Å². The van der Waals surface area contributed by atoms with E-state index in [-0.39, 0.29) is 5.78 Å². The van der Waals surface area contributed by atoms with Crippen molar-refractivity contribution in [2.45, 2.75) is 10.9 Å². The third-order valence-electron chi connectivity index (χ3n) is 2.72. The first-order chi connectivity index (χ1) is 8.70. The molecule has 1 N–H and O–H groups in total. The summed E-state index contributed by atoms with van der Waals surface area (Å²) in [5, 5.41) is 10.1. The molecular weight excluding hydrogens is 292 g/mol. The maximum Gasteiger partial charge on any atom is 0.192 e. The molecule has 0 bridgehead atoms. The van der Waals surface area contributed by atoms with Gasteiger partial charge in [-0.1, -0.05) is 76.6 Å². The van der Waals surface area contributed by atoms with Gasteiger partial charge in [-0.15, -0.1) is 0 Å². The SMILES string of the molecule is O=C(c1ccccc1)[C@H](O)[C@@H](Br)c1ccccc1. The normalized spacial score (nSPS) is 13.9. The van der Waals surface area contributed by atoms with Crippen LogP contribution in [0.1, 0.15) is 20.7 Å². The molecule has 0 saturated carbocycles. The molecule has 0 aliphatic rings. The van der Waals surface area contributed by atoms with Gasteiger partial charge in [0, 0.05) is 5.56 Å². The van der Waals surface area contributed by atoms with E-state index in [0.29, 0.717) is 5.56 Å². The lowest BCUT2D eigenvalue weighted by Crippen LogP contribution is -2.25. The molecule has 18 heavy (non-hydrogen) atoms. The number of alkyl halides is 1. The molecule has 0 radical (unpaired) electrons. The van der Waals surface area contributed by atoms with E-state index in [1.165, 1.54) is 0 Å². The summed E-state index contributed by atoms with van der Waals surface area (Å²) in [5.41, 5.74) is 1.40. The van der Waals surface area contributed by atoms with Gasteiger partial charge in [0.2, 0.25) is 0 Å². The number of halogens is 1. The molecule has 0 aliphatic heterocycles. The Morgan fingerprint density at radius 1 is 0.944 bits per heavy atom. The third kappa shape index (κ3) is 2.86. The average molecular weight is 305 g/mol. The highest BCUT2D eigenvalue weighted by Crippen LogP contribution is 2.28. The van der Waals surface area contributed by atoms with Crippen molar-refractivity contribution in [3.05, 3.63) is 71.8 Å². The summed E-state index contributed by atoms with van der Waals surface area (Å²) in [5.74, 6) is -0.277. The van der Waals surface area contributed by atoms with Crippen LogP contribution in [0.5, 0.6) is 0 Å². The van der Waals surface area contributed by atoms with Crippen LogP contribution >= 0.6 is 15.9 Å². The van der Waals surface area contributed by atoms with E-state index in [4.69, 9.17) is 0 Å². The molecule has 3 heteroatoms. The molecule has 0 spiro atoms. The summed E-state index contributed by atoms with van der Waals surface area (Å²) >= 11 is 3.38. The number of carbonyl (C=O) groups is 1. The van der Waals surface area contributed by atoms with Crippen molar-refractivity contribution in [2.24, 2.45) is 0 Å². The van der Waals surface area contributed by atoms with Gasteiger partial charge < -0.3 is 5.11 Å². The highest BCUT2D eigenvalue weighted by Gasteiger charge is 2.25. The van der Waals surface area contributed by atoms with Crippen LogP contribution in [0.15, 0.2) is 60.7 Å². The Morgan fingerprint density at radius 2 is 1.44 bits per heavy atom. The standard InChI is InChI=1S/C15H13BrO2/c16-13(11-7-3-1-4-8-11)15(18)14(17)12-9-5-2-6-10-12/h1-10,13,15,18H/t13-,15+/m0/s1. The molecule has 2 aromatic carbocycles. The van der Waals surface area contributed by atoms with Gasteiger partial charge in [0.05, 0.1) is 4.83 Å². The quantitative estimate of drug-likeness (QED) is 0.694. The van der Waals surface area contributed by atoms with E-state index >= 15 is 0 Å². The van der Waals surface area contributed by atoms with Gasteiger partial charge >= 0.3 is 0 Å². The molecule has 0 saturated heterocycles. The fraction of sp³-hybridized carbons (Fsp3) is 0.133. The minimum atomic E-state index is -1.09. The summed E-state index contributed by atoms with van der Waals surface area (Å²) in [7, 11) is 0. The van der Waals surface area contributed by atoms with Crippen molar-refractivity contribution in [2.75, 3.05) is 0 Å². The fourth-order valence-electron chi connectivity index (χ4n) is 1.73. The molecule has 2 nitrogen and oxygen atoms in total. The van der Waals surface area contributed by atoms with E-state index in [1.54, 1.807) is 24.3 Å². The zero-order valence-corrected chi connectivity index (χ0v) is 11.2. The minimum absolute atomic E-state index is 0.277. The van der Waals surface area contributed by atoms with Crippen LogP contribution in [0, 0.1) is 0 Å². The van der Waals surface area contributed by atoms with Crippen molar-refractivity contribution >= 4 is 21.7 Å². The predicted octanol–water partition coefficient (Wildman–Crippen LogP) is 3.37. The molecule has 0 aromatic heterocycles. The molecule has 0 heterocycles. The van der Waals surface area contributed by atoms with E-state index in [9.17, 15) is 9.90 Å². The topological polar surface area (TPSA) is 37.3 Å². The van der Waals surface area contributed by atoms with Crippen LogP contribution in [0.3, 0.4) is 0 Å². The third-order valence-corrected chi connectivity index (χ3v) is 3.75. The summed E-state index contributed by atoms with van der Waals surface area (Å²) in [6.45, 7) is 0. The average Bonchev–Trinajstić information content (AvgIpc) is 2.47. The largest absolute Gasteiger partial charge is 0.383 e. The van der Waals surface area contributed by atoms with Crippen molar-refractivity contribution < 1.29 is 9.90 Å². The van der Waals surface area contributed by atoms with Crippen molar-refractivity contribution in [1.29, 1.82) is 0 Å². The number of benzene rings is 2. The summed E-state index contributed by atoms with van der Waals surface area (Å²) in [6.07, 6.45) is -1.09.